The molecular weight excluding hydrogens is 421 g/mol. The zero-order valence-corrected chi connectivity index (χ0v) is 18.7. The third-order valence-electron chi connectivity index (χ3n) is 5.72. The Hall–Kier alpha value is -3.71. The number of halogens is 1. The van der Waals surface area contributed by atoms with Crippen molar-refractivity contribution in [3.63, 3.8) is 0 Å². The summed E-state index contributed by atoms with van der Waals surface area (Å²) in [5.41, 5.74) is 2.82. The van der Waals surface area contributed by atoms with E-state index in [2.05, 4.69) is 29.4 Å². The minimum Gasteiger partial charge on any atom is -0.457 e. The van der Waals surface area contributed by atoms with Crippen molar-refractivity contribution < 1.29 is 18.4 Å². The van der Waals surface area contributed by atoms with Gasteiger partial charge >= 0.3 is 0 Å². The number of hydrogen-bond acceptors (Lipinski definition) is 4. The first-order valence-electron chi connectivity index (χ1n) is 11.0. The summed E-state index contributed by atoms with van der Waals surface area (Å²) in [7, 11) is 0. The maximum atomic E-state index is 13.6. The van der Waals surface area contributed by atoms with E-state index in [9.17, 15) is 14.0 Å². The number of carbonyl (C=O) groups excluding carboxylic acids is 2. The maximum absolute atomic E-state index is 13.6. The highest BCUT2D eigenvalue weighted by atomic mass is 19.1. The van der Waals surface area contributed by atoms with Crippen LogP contribution >= 0.6 is 0 Å². The van der Waals surface area contributed by atoms with E-state index in [-0.39, 0.29) is 11.8 Å². The van der Waals surface area contributed by atoms with E-state index in [1.807, 2.05) is 12.1 Å². The lowest BCUT2D eigenvalue weighted by Gasteiger charge is -2.17. The molecule has 6 nitrogen and oxygen atoms in total. The van der Waals surface area contributed by atoms with Crippen LogP contribution in [-0.4, -0.2) is 42.9 Å². The Labute approximate surface area is 192 Å². The molecule has 2 heterocycles. The predicted molar refractivity (Wildman–Crippen MR) is 127 cm³/mol. The lowest BCUT2D eigenvalue weighted by atomic mass is 10.1. The van der Waals surface area contributed by atoms with Crippen LogP contribution in [0.15, 0.2) is 59.0 Å². The number of nitrogens with zero attached hydrogens (tertiary/aromatic N) is 1. The second-order valence-corrected chi connectivity index (χ2v) is 7.76. The molecule has 0 saturated carbocycles. The van der Waals surface area contributed by atoms with Crippen LogP contribution in [0.4, 0.5) is 10.1 Å². The third kappa shape index (κ3) is 5.04. The summed E-state index contributed by atoms with van der Waals surface area (Å²) < 4.78 is 19.5. The summed E-state index contributed by atoms with van der Waals surface area (Å²) in [6.45, 7) is 7.52. The van der Waals surface area contributed by atoms with Gasteiger partial charge in [0.1, 0.15) is 17.3 Å². The van der Waals surface area contributed by atoms with E-state index >= 15 is 0 Å². The van der Waals surface area contributed by atoms with E-state index in [4.69, 9.17) is 4.42 Å². The summed E-state index contributed by atoms with van der Waals surface area (Å²) in [5.74, 6) is 0.258. The van der Waals surface area contributed by atoms with Gasteiger partial charge in [0.05, 0.1) is 5.57 Å². The van der Waals surface area contributed by atoms with Crippen molar-refractivity contribution in [3.8, 4) is 11.3 Å². The van der Waals surface area contributed by atoms with Crippen LogP contribution in [-0.2, 0) is 4.79 Å². The van der Waals surface area contributed by atoms with Crippen LogP contribution in [0.2, 0.25) is 0 Å². The lowest BCUT2D eigenvalue weighted by Crippen LogP contribution is -2.34. The highest BCUT2D eigenvalue weighted by Crippen LogP contribution is 2.34. The number of rotatable bonds is 8. The van der Waals surface area contributed by atoms with Gasteiger partial charge in [-0.05, 0) is 61.6 Å². The number of carbonyl (C=O) groups is 2. The zero-order chi connectivity index (χ0) is 23.4. The van der Waals surface area contributed by atoms with Gasteiger partial charge in [-0.3, -0.25) is 9.59 Å². The quantitative estimate of drug-likeness (QED) is 0.493. The minimum absolute atomic E-state index is 0.114. The molecule has 7 heteroatoms. The summed E-state index contributed by atoms with van der Waals surface area (Å²) in [6, 6.07) is 14.9. The second kappa shape index (κ2) is 9.83. The number of fused-ring (bicyclic) bond motifs is 1. The molecule has 33 heavy (non-hydrogen) atoms. The Morgan fingerprint density at radius 2 is 1.85 bits per heavy atom. The Morgan fingerprint density at radius 1 is 1.09 bits per heavy atom. The molecule has 0 unspecified atom stereocenters. The van der Waals surface area contributed by atoms with Crippen molar-refractivity contribution in [2.24, 2.45) is 0 Å². The normalized spacial score (nSPS) is 13.9. The molecule has 170 valence electrons. The number of furan rings is 1. The lowest BCUT2D eigenvalue weighted by molar-refractivity contribution is -0.110. The van der Waals surface area contributed by atoms with Crippen molar-refractivity contribution in [1.29, 1.82) is 0 Å². The fourth-order valence-electron chi connectivity index (χ4n) is 3.79. The molecule has 1 aromatic heterocycles. The first-order chi connectivity index (χ1) is 16.0. The number of nitrogens with one attached hydrogen (secondary N) is 2. The molecule has 4 rings (SSSR count). The highest BCUT2D eigenvalue weighted by molar-refractivity contribution is 6.34. The minimum atomic E-state index is -0.409. The van der Waals surface area contributed by atoms with Crippen molar-refractivity contribution in [3.05, 3.63) is 77.3 Å². The van der Waals surface area contributed by atoms with Crippen molar-refractivity contribution in [2.75, 3.05) is 31.5 Å². The largest absolute Gasteiger partial charge is 0.457 e. The molecule has 0 spiro atoms. The van der Waals surface area contributed by atoms with Crippen molar-refractivity contribution in [2.45, 2.75) is 13.8 Å². The smallest absolute Gasteiger partial charge is 0.256 e. The van der Waals surface area contributed by atoms with Crippen LogP contribution in [0.25, 0.3) is 23.0 Å². The van der Waals surface area contributed by atoms with Gasteiger partial charge in [-0.1, -0.05) is 26.0 Å². The Balaban J connectivity index is 1.44. The van der Waals surface area contributed by atoms with E-state index in [1.54, 1.807) is 30.3 Å². The average Bonchev–Trinajstić information content (AvgIpc) is 3.41. The molecule has 0 atom stereocenters. The molecule has 0 radical (unpaired) electrons. The van der Waals surface area contributed by atoms with Crippen LogP contribution < -0.4 is 10.6 Å². The van der Waals surface area contributed by atoms with Gasteiger partial charge in [0.2, 0.25) is 0 Å². The first kappa shape index (κ1) is 22.5. The standard InChI is InChI=1S/C26H26FN3O3/c1-3-30(4-2)14-13-28-25(31)18-7-5-17(6-8-18)24-12-10-20(33-24)16-22-21-15-19(27)9-11-23(21)29-26(22)32/h5-12,15-16H,3-4,13-14H2,1-2H3,(H,28,31)(H,29,32). The molecule has 2 aromatic carbocycles. The Kier molecular flexibility index (Phi) is 6.70. The number of amides is 2. The van der Waals surface area contributed by atoms with Gasteiger partial charge in [0, 0.05) is 35.5 Å². The topological polar surface area (TPSA) is 74.6 Å². The molecule has 1 aliphatic heterocycles. The molecule has 0 fully saturated rings. The van der Waals surface area contributed by atoms with Crippen molar-refractivity contribution in [1.82, 2.24) is 10.2 Å². The molecule has 0 saturated heterocycles. The van der Waals surface area contributed by atoms with E-state index in [0.29, 0.717) is 40.5 Å². The molecule has 0 aliphatic carbocycles. The first-order valence-corrected chi connectivity index (χ1v) is 11.0. The van der Waals surface area contributed by atoms with Crippen LogP contribution in [0, 0.1) is 5.82 Å². The van der Waals surface area contributed by atoms with Gasteiger partial charge in [-0.15, -0.1) is 0 Å². The van der Waals surface area contributed by atoms with Gasteiger partial charge < -0.3 is 20.0 Å². The summed E-state index contributed by atoms with van der Waals surface area (Å²) in [4.78, 5) is 26.9. The highest BCUT2D eigenvalue weighted by Gasteiger charge is 2.25. The van der Waals surface area contributed by atoms with Gasteiger partial charge in [0.15, 0.2) is 0 Å². The zero-order valence-electron chi connectivity index (χ0n) is 18.7. The molecule has 2 amide bonds. The van der Waals surface area contributed by atoms with E-state index < -0.39 is 5.82 Å². The molecule has 2 N–H and O–H groups in total. The number of anilines is 1. The summed E-state index contributed by atoms with van der Waals surface area (Å²) in [5, 5.41) is 5.66. The van der Waals surface area contributed by atoms with E-state index in [1.165, 1.54) is 18.2 Å². The number of hydrogen-bond donors (Lipinski definition) is 2. The average molecular weight is 448 g/mol. The Morgan fingerprint density at radius 3 is 2.58 bits per heavy atom. The summed E-state index contributed by atoms with van der Waals surface area (Å²) >= 11 is 0. The molecule has 1 aliphatic rings. The molecule has 0 bridgehead atoms. The van der Waals surface area contributed by atoms with Gasteiger partial charge in [0.25, 0.3) is 11.8 Å². The van der Waals surface area contributed by atoms with Crippen LogP contribution in [0.5, 0.6) is 0 Å². The van der Waals surface area contributed by atoms with Crippen LogP contribution in [0.3, 0.4) is 0 Å². The second-order valence-electron chi connectivity index (χ2n) is 7.76. The monoisotopic (exact) mass is 447 g/mol. The number of benzene rings is 2. The Bertz CT molecular complexity index is 1190. The fourth-order valence-corrected chi connectivity index (χ4v) is 3.79. The van der Waals surface area contributed by atoms with Crippen molar-refractivity contribution >= 4 is 29.2 Å². The van der Waals surface area contributed by atoms with Gasteiger partial charge in [-0.25, -0.2) is 4.39 Å². The number of likely N-dealkylation sites (N-methyl/N-ethyl adjacent to an activating group) is 1. The predicted octanol–water partition coefficient (Wildman–Crippen LogP) is 4.65. The summed E-state index contributed by atoms with van der Waals surface area (Å²) in [6.07, 6.45) is 1.60. The third-order valence-corrected chi connectivity index (χ3v) is 5.72. The fraction of sp³-hybridized carbons (Fsp3) is 0.231. The molecular formula is C26H26FN3O3. The van der Waals surface area contributed by atoms with Crippen LogP contribution in [0.1, 0.15) is 35.5 Å². The van der Waals surface area contributed by atoms with Gasteiger partial charge in [-0.2, -0.15) is 0 Å². The molecule has 3 aromatic rings. The SMILES string of the molecule is CCN(CC)CCNC(=O)c1ccc(-c2ccc(C=C3C(=O)Nc4ccc(F)cc43)o2)cc1. The van der Waals surface area contributed by atoms with E-state index in [0.717, 1.165) is 25.2 Å². The maximum Gasteiger partial charge on any atom is 0.256 e.